The first-order chi connectivity index (χ1) is 15.5. The van der Waals surface area contributed by atoms with Gasteiger partial charge in [0, 0.05) is 52.5 Å². The number of halogens is 3. The Morgan fingerprint density at radius 1 is 1.15 bits per heavy atom. The highest BCUT2D eigenvalue weighted by molar-refractivity contribution is 6.35. The second-order valence-corrected chi connectivity index (χ2v) is 8.74. The summed E-state index contributed by atoms with van der Waals surface area (Å²) in [6, 6.07) is 12.4. The fourth-order valence-electron chi connectivity index (χ4n) is 4.20. The lowest BCUT2D eigenvalue weighted by Gasteiger charge is -2.10. The predicted octanol–water partition coefficient (Wildman–Crippen LogP) is 5.07. The van der Waals surface area contributed by atoms with Crippen molar-refractivity contribution in [2.75, 3.05) is 6.54 Å². The number of pyridine rings is 2. The Morgan fingerprint density at radius 3 is 2.79 bits per heavy atom. The molecule has 0 amide bonds. The van der Waals surface area contributed by atoms with Crippen molar-refractivity contribution in [1.82, 2.24) is 19.4 Å². The highest BCUT2D eigenvalue weighted by Crippen LogP contribution is 2.27. The van der Waals surface area contributed by atoms with E-state index in [0.717, 1.165) is 42.5 Å². The zero-order chi connectivity index (χ0) is 22.2. The van der Waals surface area contributed by atoms with E-state index in [2.05, 4.69) is 16.0 Å². The molecule has 0 bridgehead atoms. The molecule has 1 aliphatic heterocycles. The average molecular weight is 506 g/mol. The van der Waals surface area contributed by atoms with Gasteiger partial charge in [-0.1, -0.05) is 29.3 Å². The van der Waals surface area contributed by atoms with Crippen LogP contribution in [0.25, 0.3) is 16.9 Å². The fraction of sp³-hybridized carbons (Fsp3) is 0.250. The monoisotopic (exact) mass is 504 g/mol. The molecular formula is C24H23Cl3N4O2. The summed E-state index contributed by atoms with van der Waals surface area (Å²) in [7, 11) is 2.05. The van der Waals surface area contributed by atoms with E-state index in [1.165, 1.54) is 21.9 Å². The number of nitrogens with one attached hydrogen (secondary N) is 1. The summed E-state index contributed by atoms with van der Waals surface area (Å²) in [4.78, 5) is 17.6. The molecule has 0 saturated heterocycles. The number of hydrogen-bond acceptors (Lipinski definition) is 4. The van der Waals surface area contributed by atoms with Gasteiger partial charge in [0.2, 0.25) is 0 Å². The summed E-state index contributed by atoms with van der Waals surface area (Å²) < 4.78 is 9.45. The van der Waals surface area contributed by atoms with E-state index in [9.17, 15) is 4.79 Å². The fourth-order valence-corrected chi connectivity index (χ4v) is 4.66. The summed E-state index contributed by atoms with van der Waals surface area (Å²) >= 11 is 12.1. The molecule has 0 saturated carbocycles. The minimum Gasteiger partial charge on any atom is -0.489 e. The Bertz CT molecular complexity index is 1380. The van der Waals surface area contributed by atoms with E-state index in [0.29, 0.717) is 21.6 Å². The van der Waals surface area contributed by atoms with Crippen molar-refractivity contribution in [1.29, 1.82) is 0 Å². The number of fused-ring (bicyclic) bond motifs is 3. The normalized spacial score (nSPS) is 13.3. The van der Waals surface area contributed by atoms with Gasteiger partial charge >= 0.3 is 0 Å². The third-order valence-corrected chi connectivity index (χ3v) is 6.46. The van der Waals surface area contributed by atoms with Gasteiger partial charge in [0.05, 0.1) is 0 Å². The van der Waals surface area contributed by atoms with E-state index >= 15 is 0 Å². The molecule has 33 heavy (non-hydrogen) atoms. The first kappa shape index (κ1) is 23.6. The van der Waals surface area contributed by atoms with Gasteiger partial charge in [0.1, 0.15) is 23.8 Å². The van der Waals surface area contributed by atoms with Crippen molar-refractivity contribution in [3.63, 3.8) is 0 Å². The van der Waals surface area contributed by atoms with Gasteiger partial charge in [-0.15, -0.1) is 12.4 Å². The van der Waals surface area contributed by atoms with Crippen LogP contribution in [0.3, 0.4) is 0 Å². The molecule has 5 rings (SSSR count). The van der Waals surface area contributed by atoms with Gasteiger partial charge in [0.25, 0.3) is 5.56 Å². The van der Waals surface area contributed by atoms with E-state index in [1.54, 1.807) is 24.4 Å². The molecule has 0 spiro atoms. The molecule has 1 aliphatic rings. The van der Waals surface area contributed by atoms with Crippen molar-refractivity contribution in [3.05, 3.63) is 85.9 Å². The van der Waals surface area contributed by atoms with Gasteiger partial charge in [-0.05, 0) is 55.3 Å². The molecule has 4 aromatic rings. The Kier molecular flexibility index (Phi) is 7.00. The molecule has 1 N–H and O–H groups in total. The quantitative estimate of drug-likeness (QED) is 0.421. The molecule has 0 atom stereocenters. The second kappa shape index (κ2) is 9.77. The number of hydrogen-bond donors (Lipinski definition) is 1. The highest BCUT2D eigenvalue weighted by Gasteiger charge is 2.18. The molecule has 172 valence electrons. The van der Waals surface area contributed by atoms with Crippen LogP contribution in [0.5, 0.6) is 5.75 Å². The maximum absolute atomic E-state index is 12.8. The maximum Gasteiger partial charge on any atom is 0.259 e. The minimum absolute atomic E-state index is 0. The summed E-state index contributed by atoms with van der Waals surface area (Å²) in [6.45, 7) is 2.11. The Morgan fingerprint density at radius 2 is 2.00 bits per heavy atom. The van der Waals surface area contributed by atoms with Crippen LogP contribution in [0.15, 0.2) is 53.5 Å². The van der Waals surface area contributed by atoms with Crippen LogP contribution in [0, 0.1) is 0 Å². The molecule has 1 aromatic carbocycles. The van der Waals surface area contributed by atoms with Gasteiger partial charge in [-0.3, -0.25) is 9.36 Å². The summed E-state index contributed by atoms with van der Waals surface area (Å²) in [5.74, 6) is 1.05. The molecule has 4 heterocycles. The van der Waals surface area contributed by atoms with E-state index < -0.39 is 0 Å². The molecule has 3 aromatic heterocycles. The third-order valence-electron chi connectivity index (χ3n) is 5.87. The molecule has 0 radical (unpaired) electrons. The predicted molar refractivity (Wildman–Crippen MR) is 134 cm³/mol. The SMILES string of the molecule is Cl.Cn1c2c(c3ccc(-n4ccc(OCc5ccc(Cl)cc5Cl)cc4=O)nc31)CNCCC2. The van der Waals surface area contributed by atoms with Gasteiger partial charge in [0.15, 0.2) is 0 Å². The molecule has 0 unspecified atom stereocenters. The standard InChI is InChI=1S/C24H22Cl2N4O2.ClH/c1-29-21-3-2-9-27-13-19(21)18-6-7-22(28-24(18)29)30-10-8-17(12-23(30)31)32-14-15-4-5-16(25)11-20(15)26;/h4-8,10-12,27H,2-3,9,13-14H2,1H3;1H. The first-order valence-corrected chi connectivity index (χ1v) is 11.2. The van der Waals surface area contributed by atoms with E-state index in [-0.39, 0.29) is 24.6 Å². The van der Waals surface area contributed by atoms with E-state index in [1.807, 2.05) is 19.2 Å². The molecule has 6 nitrogen and oxygen atoms in total. The van der Waals surface area contributed by atoms with Crippen LogP contribution < -0.4 is 15.6 Å². The van der Waals surface area contributed by atoms with Crippen LogP contribution in [-0.2, 0) is 26.6 Å². The largest absolute Gasteiger partial charge is 0.489 e. The Labute approximate surface area is 207 Å². The molecule has 0 fully saturated rings. The molecule has 9 heteroatoms. The lowest BCUT2D eigenvalue weighted by molar-refractivity contribution is 0.305. The smallest absolute Gasteiger partial charge is 0.259 e. The number of nitrogens with zero attached hydrogens (tertiary/aromatic N) is 3. The van der Waals surface area contributed by atoms with Crippen molar-refractivity contribution in [2.45, 2.75) is 26.0 Å². The number of rotatable bonds is 4. The topological polar surface area (TPSA) is 61.1 Å². The minimum atomic E-state index is -0.214. The number of benzene rings is 1. The highest BCUT2D eigenvalue weighted by atomic mass is 35.5. The van der Waals surface area contributed by atoms with Gasteiger partial charge in [-0.25, -0.2) is 4.98 Å². The van der Waals surface area contributed by atoms with Crippen LogP contribution in [0.2, 0.25) is 10.0 Å². The summed E-state index contributed by atoms with van der Waals surface area (Å²) in [5.41, 5.74) is 4.09. The summed E-state index contributed by atoms with van der Waals surface area (Å²) in [5, 5.41) is 5.70. The maximum atomic E-state index is 12.8. The third kappa shape index (κ3) is 4.62. The van der Waals surface area contributed by atoms with Crippen molar-refractivity contribution < 1.29 is 4.74 Å². The number of aromatic nitrogens is 3. The number of ether oxygens (including phenoxy) is 1. The van der Waals surface area contributed by atoms with Crippen LogP contribution in [0.1, 0.15) is 23.2 Å². The van der Waals surface area contributed by atoms with Crippen LogP contribution >= 0.6 is 35.6 Å². The second-order valence-electron chi connectivity index (χ2n) is 7.90. The van der Waals surface area contributed by atoms with Crippen molar-refractivity contribution in [3.8, 4) is 11.6 Å². The summed E-state index contributed by atoms with van der Waals surface area (Å²) in [6.07, 6.45) is 3.81. The zero-order valence-electron chi connectivity index (χ0n) is 18.0. The van der Waals surface area contributed by atoms with E-state index in [4.69, 9.17) is 32.9 Å². The number of aryl methyl sites for hydroxylation is 1. The Hall–Kier alpha value is -2.51. The Balaban J connectivity index is 0.00000259. The zero-order valence-corrected chi connectivity index (χ0v) is 20.3. The lowest BCUT2D eigenvalue weighted by Crippen LogP contribution is -2.18. The van der Waals surface area contributed by atoms with Gasteiger partial charge in [-0.2, -0.15) is 0 Å². The van der Waals surface area contributed by atoms with Crippen molar-refractivity contribution >= 4 is 46.6 Å². The first-order valence-electron chi connectivity index (χ1n) is 10.5. The lowest BCUT2D eigenvalue weighted by atomic mass is 10.1. The van der Waals surface area contributed by atoms with Crippen LogP contribution in [0.4, 0.5) is 0 Å². The van der Waals surface area contributed by atoms with Crippen LogP contribution in [-0.4, -0.2) is 20.7 Å². The van der Waals surface area contributed by atoms with Crippen molar-refractivity contribution in [2.24, 2.45) is 7.05 Å². The molecular weight excluding hydrogens is 483 g/mol. The average Bonchev–Trinajstić information content (AvgIpc) is 2.93. The molecule has 0 aliphatic carbocycles. The van der Waals surface area contributed by atoms with Gasteiger partial charge < -0.3 is 14.6 Å².